The molecule has 0 aromatic carbocycles. The van der Waals surface area contributed by atoms with Gasteiger partial charge in [-0.15, -0.1) is 9.52 Å². The lowest BCUT2D eigenvalue weighted by molar-refractivity contribution is 0.0561. The Hall–Kier alpha value is -0.820. The van der Waals surface area contributed by atoms with E-state index in [-0.39, 0.29) is 5.96 Å². The first-order chi connectivity index (χ1) is 6.52. The average Bonchev–Trinajstić information content (AvgIpc) is 2.15. The van der Waals surface area contributed by atoms with E-state index < -0.39 is 14.5 Å². The van der Waals surface area contributed by atoms with E-state index in [4.69, 9.17) is 15.4 Å². The zero-order chi connectivity index (χ0) is 11.1. The molecule has 0 fully saturated rings. The van der Waals surface area contributed by atoms with Crippen LogP contribution in [-0.2, 0) is 13.9 Å². The molecular formula is C5H11N3O4PS+. The van der Waals surface area contributed by atoms with Gasteiger partial charge in [-0.05, 0) is 6.92 Å². The Kier molecular flexibility index (Phi) is 6.22. The zero-order valence-corrected chi connectivity index (χ0v) is 9.36. The fourth-order valence-electron chi connectivity index (χ4n) is 0.563. The van der Waals surface area contributed by atoms with Crippen LogP contribution in [0.15, 0.2) is 5.16 Å². The number of oxime groups is 1. The van der Waals surface area contributed by atoms with E-state index in [0.29, 0.717) is 0 Å². The van der Waals surface area contributed by atoms with Crippen LogP contribution in [0.4, 0.5) is 0 Å². The zero-order valence-electron chi connectivity index (χ0n) is 7.65. The summed E-state index contributed by atoms with van der Waals surface area (Å²) in [6.07, 6.45) is -0.434. The molecule has 0 aliphatic carbocycles. The number of hydrogen-bond acceptors (Lipinski definition) is 5. The van der Waals surface area contributed by atoms with Crippen LogP contribution in [0.3, 0.4) is 0 Å². The Morgan fingerprint density at radius 3 is 2.79 bits per heavy atom. The van der Waals surface area contributed by atoms with Gasteiger partial charge in [-0.1, -0.05) is 12.2 Å². The van der Waals surface area contributed by atoms with Crippen LogP contribution < -0.4 is 5.73 Å². The Bertz CT molecular complexity index is 249. The molecule has 2 atom stereocenters. The number of methoxy groups -OCH3 is 1. The van der Waals surface area contributed by atoms with E-state index in [1.165, 1.54) is 17.5 Å². The lowest BCUT2D eigenvalue weighted by atomic mass is 10.6. The molecule has 0 aliphatic rings. The molecule has 14 heavy (non-hydrogen) atoms. The van der Waals surface area contributed by atoms with Gasteiger partial charge in [-0.25, -0.2) is 0 Å². The second kappa shape index (κ2) is 6.61. The highest BCUT2D eigenvalue weighted by atomic mass is 32.1. The van der Waals surface area contributed by atoms with Crippen LogP contribution in [0.2, 0.25) is 0 Å². The molecule has 80 valence electrons. The summed E-state index contributed by atoms with van der Waals surface area (Å²) in [6, 6.07) is 0. The van der Waals surface area contributed by atoms with Gasteiger partial charge in [-0.3, -0.25) is 4.90 Å². The molecule has 0 heterocycles. The van der Waals surface area contributed by atoms with Crippen molar-refractivity contribution in [1.29, 1.82) is 0 Å². The van der Waals surface area contributed by atoms with Crippen LogP contribution >= 0.6 is 20.5 Å². The molecule has 0 spiro atoms. The summed E-state index contributed by atoms with van der Waals surface area (Å²) in [6.45, 7) is 1.67. The van der Waals surface area contributed by atoms with Gasteiger partial charge in [0, 0.05) is 16.8 Å². The highest BCUT2D eigenvalue weighted by Gasteiger charge is 2.17. The Morgan fingerprint density at radius 2 is 2.43 bits per heavy atom. The Labute approximate surface area is 87.4 Å². The summed E-state index contributed by atoms with van der Waals surface area (Å²) in [4.78, 5) is 9.55. The van der Waals surface area contributed by atoms with E-state index in [0.717, 1.165) is 0 Å². The van der Waals surface area contributed by atoms with E-state index >= 15 is 0 Å². The minimum Gasteiger partial charge on any atom is -0.366 e. The molecule has 7 nitrogen and oxygen atoms in total. The third-order valence-corrected chi connectivity index (χ3v) is 1.76. The van der Waals surface area contributed by atoms with Crippen LogP contribution in [0, 0.1) is 0 Å². The van der Waals surface area contributed by atoms with Crippen molar-refractivity contribution in [2.24, 2.45) is 10.9 Å². The molecule has 0 rings (SSSR count). The van der Waals surface area contributed by atoms with Gasteiger partial charge in [0.25, 0.3) is 0 Å². The van der Waals surface area contributed by atoms with Crippen molar-refractivity contribution in [2.45, 2.75) is 13.2 Å². The van der Waals surface area contributed by atoms with Crippen LogP contribution in [-0.4, -0.2) is 34.6 Å². The first-order valence-electron chi connectivity index (χ1n) is 3.46. The number of thiocarbonyl (C=S) groups is 1. The number of ether oxygens (including phenoxy) is 1. The van der Waals surface area contributed by atoms with Crippen molar-refractivity contribution in [1.82, 2.24) is 4.90 Å². The summed E-state index contributed by atoms with van der Waals surface area (Å²) >= 11 is 4.64. The second-order valence-corrected chi connectivity index (χ2v) is 2.97. The summed E-state index contributed by atoms with van der Waals surface area (Å²) in [5, 5.41) is 3.17. The van der Waals surface area contributed by atoms with Gasteiger partial charge < -0.3 is 10.5 Å². The van der Waals surface area contributed by atoms with Crippen molar-refractivity contribution in [3.05, 3.63) is 0 Å². The maximum absolute atomic E-state index is 10.1. The SMILES string of the molecule is COC(C)N(C=S)C(N)=NO[P+](=O)O. The monoisotopic (exact) mass is 240 g/mol. The third kappa shape index (κ3) is 4.43. The van der Waals surface area contributed by atoms with E-state index in [1.54, 1.807) is 6.92 Å². The smallest absolute Gasteiger partial charge is 0.366 e. The predicted octanol–water partition coefficient (Wildman–Crippen LogP) is 0.134. The normalized spacial score (nSPS) is 14.5. The maximum atomic E-state index is 10.1. The highest BCUT2D eigenvalue weighted by molar-refractivity contribution is 7.78. The molecule has 0 radical (unpaired) electrons. The molecule has 0 saturated carbocycles. The Balaban J connectivity index is 4.44. The molecule has 0 amide bonds. The molecule has 2 unspecified atom stereocenters. The van der Waals surface area contributed by atoms with Crippen molar-refractivity contribution < 1.29 is 18.8 Å². The molecule has 3 N–H and O–H groups in total. The lowest BCUT2D eigenvalue weighted by Gasteiger charge is -2.22. The van der Waals surface area contributed by atoms with Gasteiger partial charge in [0.15, 0.2) is 0 Å². The first-order valence-corrected chi connectivity index (χ1v) is 5.06. The van der Waals surface area contributed by atoms with E-state index in [9.17, 15) is 4.57 Å². The van der Waals surface area contributed by atoms with Crippen molar-refractivity contribution in [2.75, 3.05) is 7.11 Å². The quantitative estimate of drug-likeness (QED) is 0.176. The van der Waals surface area contributed by atoms with Crippen LogP contribution in [0.25, 0.3) is 0 Å². The summed E-state index contributed by atoms with van der Waals surface area (Å²) in [7, 11) is -1.36. The van der Waals surface area contributed by atoms with Crippen molar-refractivity contribution >= 4 is 31.9 Å². The summed E-state index contributed by atoms with van der Waals surface area (Å²) in [5.41, 5.74) is 6.58. The molecule has 0 saturated heterocycles. The van der Waals surface area contributed by atoms with Crippen LogP contribution in [0.1, 0.15) is 6.92 Å². The predicted molar refractivity (Wildman–Crippen MR) is 54.5 cm³/mol. The highest BCUT2D eigenvalue weighted by Crippen LogP contribution is 2.14. The molecule has 0 aromatic rings. The van der Waals surface area contributed by atoms with Crippen molar-refractivity contribution in [3.8, 4) is 0 Å². The summed E-state index contributed by atoms with van der Waals surface area (Å²) < 4.78 is 19.1. The second-order valence-electron chi connectivity index (χ2n) is 2.12. The van der Waals surface area contributed by atoms with Crippen LogP contribution in [0.5, 0.6) is 0 Å². The molecular weight excluding hydrogens is 229 g/mol. The van der Waals surface area contributed by atoms with Gasteiger partial charge in [-0.2, -0.15) is 0 Å². The number of nitrogens with zero attached hydrogens (tertiary/aromatic N) is 2. The largest absolute Gasteiger partial charge is 0.770 e. The van der Waals surface area contributed by atoms with Gasteiger partial charge in [0.2, 0.25) is 5.96 Å². The molecule has 0 aromatic heterocycles. The van der Waals surface area contributed by atoms with E-state index in [2.05, 4.69) is 22.0 Å². The molecule has 0 bridgehead atoms. The lowest BCUT2D eigenvalue weighted by Crippen LogP contribution is -2.42. The van der Waals surface area contributed by atoms with Crippen molar-refractivity contribution in [3.63, 3.8) is 0 Å². The van der Waals surface area contributed by atoms with E-state index in [1.807, 2.05) is 0 Å². The number of rotatable bonds is 5. The topological polar surface area (TPSA) is 97.4 Å². The van der Waals surface area contributed by atoms with Gasteiger partial charge in [0.1, 0.15) is 6.23 Å². The third-order valence-electron chi connectivity index (χ3n) is 1.32. The minimum atomic E-state index is -2.82. The fourth-order valence-corrected chi connectivity index (χ4v) is 0.996. The molecule has 0 aliphatic heterocycles. The maximum Gasteiger partial charge on any atom is 0.770 e. The number of guanidine groups is 1. The van der Waals surface area contributed by atoms with Gasteiger partial charge in [0.05, 0.1) is 5.49 Å². The van der Waals surface area contributed by atoms with Gasteiger partial charge >= 0.3 is 8.25 Å². The number of hydrogen-bond donors (Lipinski definition) is 2. The average molecular weight is 240 g/mol. The first kappa shape index (κ1) is 13.2. The Morgan fingerprint density at radius 1 is 1.86 bits per heavy atom. The fraction of sp³-hybridized carbons (Fsp3) is 0.600. The standard InChI is InChI=1S/C5H10N3O4PS/c1-4(11-2)8(3-14)5(6)7-12-13(9)10/h3-4H,1-2H3,(H2-,6,7,9,10)/p+1. The number of nitrogens with two attached hydrogens (primary N) is 1. The summed E-state index contributed by atoms with van der Waals surface area (Å²) in [5.74, 6) is -0.160. The molecule has 9 heteroatoms. The minimum absolute atomic E-state index is 0.160.